The summed E-state index contributed by atoms with van der Waals surface area (Å²) in [7, 11) is 0. The molecule has 0 bridgehead atoms. The Labute approximate surface area is 364 Å². The van der Waals surface area contributed by atoms with Crippen molar-refractivity contribution in [2.75, 3.05) is 0 Å². The Morgan fingerprint density at radius 3 is 1.89 bits per heavy atom. The van der Waals surface area contributed by atoms with E-state index in [9.17, 15) is 0 Å². The van der Waals surface area contributed by atoms with Crippen molar-refractivity contribution in [1.82, 2.24) is 9.13 Å². The molecular formula is C60H48N2. The molecule has 8 aromatic carbocycles. The summed E-state index contributed by atoms with van der Waals surface area (Å²) in [5.41, 5.74) is 22.0. The minimum Gasteiger partial charge on any atom is -0.309 e. The first-order valence-electron chi connectivity index (χ1n) is 21.7. The summed E-state index contributed by atoms with van der Waals surface area (Å²) in [6.45, 7) is 15.6. The third-order valence-electron chi connectivity index (χ3n) is 13.5. The van der Waals surface area contributed by atoms with Crippen LogP contribution in [-0.2, 0) is 5.41 Å². The fourth-order valence-electron chi connectivity index (χ4n) is 10.3. The van der Waals surface area contributed by atoms with Crippen molar-refractivity contribution < 1.29 is 0 Å². The van der Waals surface area contributed by atoms with Crippen molar-refractivity contribution in [2.45, 2.75) is 40.0 Å². The smallest absolute Gasteiger partial charge is 0.0544 e. The van der Waals surface area contributed by atoms with Crippen molar-refractivity contribution in [3.63, 3.8) is 0 Å². The van der Waals surface area contributed by atoms with E-state index < -0.39 is 0 Å². The van der Waals surface area contributed by atoms with Crippen LogP contribution in [0.15, 0.2) is 195 Å². The van der Waals surface area contributed by atoms with Crippen LogP contribution in [0.4, 0.5) is 0 Å². The predicted octanol–water partition coefficient (Wildman–Crippen LogP) is 16.4. The molecule has 62 heavy (non-hydrogen) atoms. The minimum atomic E-state index is -0.248. The molecule has 2 nitrogen and oxygen atoms in total. The molecule has 1 aliphatic carbocycles. The predicted molar refractivity (Wildman–Crippen MR) is 266 cm³/mol. The van der Waals surface area contributed by atoms with Gasteiger partial charge in [-0.25, -0.2) is 0 Å². The van der Waals surface area contributed by atoms with Crippen LogP contribution in [0.3, 0.4) is 0 Å². The molecule has 2 heteroatoms. The average Bonchev–Trinajstić information content (AvgIpc) is 3.88. The van der Waals surface area contributed by atoms with E-state index in [4.69, 9.17) is 0 Å². The van der Waals surface area contributed by atoms with Crippen molar-refractivity contribution in [1.29, 1.82) is 0 Å². The maximum absolute atomic E-state index is 4.32. The number of aryl methyl sites for hydroxylation is 2. The molecule has 1 aliphatic rings. The summed E-state index contributed by atoms with van der Waals surface area (Å²) in [5.74, 6) is 0. The zero-order chi connectivity index (χ0) is 42.3. The number of benzene rings is 8. The summed E-state index contributed by atoms with van der Waals surface area (Å²) in [4.78, 5) is 0. The maximum Gasteiger partial charge on any atom is 0.0544 e. The van der Waals surface area contributed by atoms with Crippen LogP contribution in [0.2, 0.25) is 0 Å². The molecule has 10 aromatic rings. The van der Waals surface area contributed by atoms with E-state index >= 15 is 0 Å². The molecule has 0 saturated heterocycles. The van der Waals surface area contributed by atoms with Crippen LogP contribution < -0.4 is 0 Å². The fourth-order valence-corrected chi connectivity index (χ4v) is 10.3. The SMILES string of the molecule is C=C/C(=C\C=C/C)n1c2ccc(-c3ccc(C)c(-c4ccccc4C)c3)cc2c2cc3c(cc21)C(C)(C)c1cc2c(cc1-3)c1ccccc1n2-c1cccc(-c2ccccc2)c1. The maximum atomic E-state index is 4.32. The summed E-state index contributed by atoms with van der Waals surface area (Å²) in [5, 5.41) is 5.00. The monoisotopic (exact) mass is 796 g/mol. The number of rotatable bonds is 7. The second kappa shape index (κ2) is 14.4. The Kier molecular flexibility index (Phi) is 8.70. The van der Waals surface area contributed by atoms with E-state index in [0.29, 0.717) is 0 Å². The van der Waals surface area contributed by atoms with Gasteiger partial charge in [-0.2, -0.15) is 0 Å². The van der Waals surface area contributed by atoms with E-state index in [0.717, 1.165) is 11.4 Å². The molecule has 0 N–H and O–H groups in total. The lowest BCUT2D eigenvalue weighted by Gasteiger charge is -2.22. The van der Waals surface area contributed by atoms with Gasteiger partial charge in [-0.1, -0.05) is 136 Å². The molecule has 0 atom stereocenters. The van der Waals surface area contributed by atoms with Gasteiger partial charge in [0.25, 0.3) is 0 Å². The number of para-hydroxylation sites is 1. The Bertz CT molecular complexity index is 3530. The van der Waals surface area contributed by atoms with E-state index in [1.54, 1.807) is 0 Å². The number of hydrogen-bond acceptors (Lipinski definition) is 0. The van der Waals surface area contributed by atoms with Gasteiger partial charge < -0.3 is 9.13 Å². The standard InChI is InChI=1S/C60H48N2/c1-7-9-22-44(8-2)61-57-30-29-43(42-28-27-39(4)48(32-42)46-24-14-13-18-38(46)3)33-51(57)53-35-50-49-34-52-47-25-15-16-26-56(47)62(45-23-17-21-41(31-45)40-19-11-10-12-20-40)58(52)36-54(49)60(5,6)55(50)37-59(53)61/h7-37H,2H2,1,3-6H3/b9-7-,44-22+. The number of hydrogen-bond donors (Lipinski definition) is 0. The highest BCUT2D eigenvalue weighted by Crippen LogP contribution is 2.53. The lowest BCUT2D eigenvalue weighted by molar-refractivity contribution is 0.661. The van der Waals surface area contributed by atoms with Gasteiger partial charge in [-0.3, -0.25) is 0 Å². The first kappa shape index (κ1) is 37.6. The van der Waals surface area contributed by atoms with Crippen LogP contribution in [0.5, 0.6) is 0 Å². The molecule has 11 rings (SSSR count). The van der Waals surface area contributed by atoms with Gasteiger partial charge in [-0.05, 0) is 160 Å². The van der Waals surface area contributed by atoms with Gasteiger partial charge in [0.05, 0.1) is 22.1 Å². The molecule has 0 aliphatic heterocycles. The first-order chi connectivity index (χ1) is 30.2. The zero-order valence-electron chi connectivity index (χ0n) is 36.0. The van der Waals surface area contributed by atoms with Crippen molar-refractivity contribution in [3.05, 3.63) is 217 Å². The molecule has 0 fully saturated rings. The number of nitrogens with zero attached hydrogens (tertiary/aromatic N) is 2. The topological polar surface area (TPSA) is 9.86 Å². The van der Waals surface area contributed by atoms with Gasteiger partial charge in [0, 0.05) is 38.3 Å². The third kappa shape index (κ3) is 5.71. The highest BCUT2D eigenvalue weighted by molar-refractivity contribution is 6.15. The van der Waals surface area contributed by atoms with Crippen molar-refractivity contribution in [2.24, 2.45) is 0 Å². The summed E-state index contributed by atoms with van der Waals surface area (Å²) < 4.78 is 4.88. The van der Waals surface area contributed by atoms with Gasteiger partial charge in [0.15, 0.2) is 0 Å². The Morgan fingerprint density at radius 2 is 1.11 bits per heavy atom. The molecule has 0 unspecified atom stereocenters. The molecule has 298 valence electrons. The second-order valence-corrected chi connectivity index (χ2v) is 17.5. The highest BCUT2D eigenvalue weighted by Gasteiger charge is 2.37. The van der Waals surface area contributed by atoms with Crippen LogP contribution >= 0.6 is 0 Å². The van der Waals surface area contributed by atoms with Crippen LogP contribution in [0, 0.1) is 13.8 Å². The van der Waals surface area contributed by atoms with Gasteiger partial charge >= 0.3 is 0 Å². The first-order valence-corrected chi connectivity index (χ1v) is 21.7. The van der Waals surface area contributed by atoms with Crippen LogP contribution in [0.1, 0.15) is 43.0 Å². The van der Waals surface area contributed by atoms with Gasteiger partial charge in [-0.15, -0.1) is 0 Å². The zero-order valence-corrected chi connectivity index (χ0v) is 36.0. The van der Waals surface area contributed by atoms with E-state index in [1.165, 1.54) is 110 Å². The number of aromatic nitrogens is 2. The van der Waals surface area contributed by atoms with Gasteiger partial charge in [0.1, 0.15) is 0 Å². The second-order valence-electron chi connectivity index (χ2n) is 17.5. The normalized spacial score (nSPS) is 13.5. The minimum absolute atomic E-state index is 0.248. The quantitative estimate of drug-likeness (QED) is 0.142. The molecule has 0 radical (unpaired) electrons. The largest absolute Gasteiger partial charge is 0.309 e. The van der Waals surface area contributed by atoms with Crippen LogP contribution in [-0.4, -0.2) is 9.13 Å². The highest BCUT2D eigenvalue weighted by atomic mass is 15.0. The summed E-state index contributed by atoms with van der Waals surface area (Å²) in [6, 6.07) is 61.1. The molecule has 0 saturated carbocycles. The molecule has 2 aromatic heterocycles. The van der Waals surface area contributed by atoms with E-state index in [-0.39, 0.29) is 5.41 Å². The molecule has 0 spiro atoms. The Morgan fingerprint density at radius 1 is 0.484 bits per heavy atom. The molecule has 0 amide bonds. The summed E-state index contributed by atoms with van der Waals surface area (Å²) >= 11 is 0. The van der Waals surface area contributed by atoms with Crippen LogP contribution in [0.25, 0.3) is 99.5 Å². The van der Waals surface area contributed by atoms with E-state index in [2.05, 4.69) is 232 Å². The Hall–Kier alpha value is -7.42. The molecular weight excluding hydrogens is 749 g/mol. The third-order valence-corrected chi connectivity index (χ3v) is 13.5. The molecule has 2 heterocycles. The lowest BCUT2D eigenvalue weighted by atomic mass is 9.82. The van der Waals surface area contributed by atoms with Crippen molar-refractivity contribution >= 4 is 49.3 Å². The van der Waals surface area contributed by atoms with E-state index in [1.807, 2.05) is 6.08 Å². The van der Waals surface area contributed by atoms with Gasteiger partial charge in [0.2, 0.25) is 0 Å². The summed E-state index contributed by atoms with van der Waals surface area (Å²) in [6.07, 6.45) is 8.34. The Balaban J connectivity index is 1.15. The van der Waals surface area contributed by atoms with Crippen molar-refractivity contribution in [3.8, 4) is 50.2 Å². The lowest BCUT2D eigenvalue weighted by Crippen LogP contribution is -2.15. The number of fused-ring (bicyclic) bond motifs is 9. The number of allylic oxidation sites excluding steroid dienone is 5. The average molecular weight is 797 g/mol. The fraction of sp³-hybridized carbons (Fsp3) is 0.100.